The lowest BCUT2D eigenvalue weighted by atomic mass is 9.88. The summed E-state index contributed by atoms with van der Waals surface area (Å²) in [4.78, 5) is 22.5. The van der Waals surface area contributed by atoms with Crippen molar-refractivity contribution in [1.29, 1.82) is 0 Å². The summed E-state index contributed by atoms with van der Waals surface area (Å²) in [6.45, 7) is 2.72. The summed E-state index contributed by atoms with van der Waals surface area (Å²) in [7, 11) is 0. The van der Waals surface area contributed by atoms with Crippen molar-refractivity contribution in [3.05, 3.63) is 35.9 Å². The van der Waals surface area contributed by atoms with E-state index in [1.165, 1.54) is 13.8 Å². The number of hydrogen-bond donors (Lipinski definition) is 0. The number of carbonyl (C=O) groups is 2. The van der Waals surface area contributed by atoms with Crippen LogP contribution in [0.5, 0.6) is 11.5 Å². The summed E-state index contributed by atoms with van der Waals surface area (Å²) < 4.78 is 10.5. The van der Waals surface area contributed by atoms with E-state index < -0.39 is 0 Å². The second-order valence-corrected chi connectivity index (χ2v) is 4.82. The summed E-state index contributed by atoms with van der Waals surface area (Å²) in [6.07, 6.45) is 7.25. The van der Waals surface area contributed by atoms with E-state index in [9.17, 15) is 9.59 Å². The first-order chi connectivity index (χ1) is 9.58. The second-order valence-electron chi connectivity index (χ2n) is 4.82. The highest BCUT2D eigenvalue weighted by atomic mass is 16.5. The van der Waals surface area contributed by atoms with Gasteiger partial charge in [-0.25, -0.2) is 0 Å². The number of rotatable bonds is 3. The van der Waals surface area contributed by atoms with Gasteiger partial charge in [-0.2, -0.15) is 0 Å². The first-order valence-corrected chi connectivity index (χ1v) is 6.74. The predicted molar refractivity (Wildman–Crippen MR) is 74.8 cm³/mol. The quantitative estimate of drug-likeness (QED) is 0.482. The van der Waals surface area contributed by atoms with Gasteiger partial charge in [0.2, 0.25) is 0 Å². The predicted octanol–water partition coefficient (Wildman–Crippen LogP) is 3.36. The van der Waals surface area contributed by atoms with Crippen molar-refractivity contribution in [3.63, 3.8) is 0 Å². The maximum atomic E-state index is 11.2. The summed E-state index contributed by atoms with van der Waals surface area (Å²) in [5, 5.41) is 0. The van der Waals surface area contributed by atoms with E-state index in [1.54, 1.807) is 18.2 Å². The fraction of sp³-hybridized carbons (Fsp3) is 0.375. The van der Waals surface area contributed by atoms with Crippen LogP contribution in [-0.4, -0.2) is 11.9 Å². The average Bonchev–Trinajstić information content (AvgIpc) is 2.38. The van der Waals surface area contributed by atoms with Crippen LogP contribution in [0.3, 0.4) is 0 Å². The Hall–Kier alpha value is -2.10. The molecule has 20 heavy (non-hydrogen) atoms. The Morgan fingerprint density at radius 3 is 2.15 bits per heavy atom. The van der Waals surface area contributed by atoms with Gasteiger partial charge in [0.25, 0.3) is 0 Å². The van der Waals surface area contributed by atoms with Crippen LogP contribution in [0, 0.1) is 0 Å². The summed E-state index contributed by atoms with van der Waals surface area (Å²) >= 11 is 0. The van der Waals surface area contributed by atoms with Crippen LogP contribution in [0.25, 0.3) is 0 Å². The number of hydrogen-bond acceptors (Lipinski definition) is 4. The maximum Gasteiger partial charge on any atom is 0.308 e. The molecule has 0 fully saturated rings. The minimum absolute atomic E-state index is 0.105. The summed E-state index contributed by atoms with van der Waals surface area (Å²) in [5.74, 6) is 0.270. The highest BCUT2D eigenvalue weighted by Gasteiger charge is 2.22. The van der Waals surface area contributed by atoms with Crippen LogP contribution in [0.4, 0.5) is 0 Å². The van der Waals surface area contributed by atoms with Crippen molar-refractivity contribution in [3.8, 4) is 11.5 Å². The van der Waals surface area contributed by atoms with Gasteiger partial charge in [-0.05, 0) is 31.4 Å². The van der Waals surface area contributed by atoms with Crippen LogP contribution in [-0.2, 0) is 9.59 Å². The lowest BCUT2D eigenvalue weighted by molar-refractivity contribution is -0.132. The molecule has 0 aliphatic heterocycles. The molecule has 1 aromatic carbocycles. The Balaban J connectivity index is 2.45. The third-order valence-electron chi connectivity index (χ3n) is 3.16. The van der Waals surface area contributed by atoms with Crippen LogP contribution < -0.4 is 9.47 Å². The van der Waals surface area contributed by atoms with E-state index in [0.717, 1.165) is 24.8 Å². The van der Waals surface area contributed by atoms with Crippen molar-refractivity contribution in [2.75, 3.05) is 0 Å². The van der Waals surface area contributed by atoms with Gasteiger partial charge in [-0.3, -0.25) is 9.59 Å². The molecule has 4 nitrogen and oxygen atoms in total. The first kappa shape index (κ1) is 14.3. The molecule has 1 aliphatic carbocycles. The van der Waals surface area contributed by atoms with Crippen LogP contribution in [0.15, 0.2) is 30.4 Å². The standard InChI is InChI=1S/C16H18O4/c1-11(17)19-14-9-6-10-15(20-12(2)18)16(14)13-7-4-3-5-8-13/h4,6-7,9-10,13H,3,5,8H2,1-2H3. The van der Waals surface area contributed by atoms with E-state index in [1.807, 2.05) is 0 Å². The van der Waals surface area contributed by atoms with Crippen molar-refractivity contribution < 1.29 is 19.1 Å². The van der Waals surface area contributed by atoms with Gasteiger partial charge in [0.05, 0.1) is 0 Å². The summed E-state index contributed by atoms with van der Waals surface area (Å²) in [6, 6.07) is 5.17. The second kappa shape index (κ2) is 6.37. The fourth-order valence-electron chi connectivity index (χ4n) is 2.43. The van der Waals surface area contributed by atoms with Crippen molar-refractivity contribution in [2.24, 2.45) is 0 Å². The number of carbonyl (C=O) groups excluding carboxylic acids is 2. The van der Waals surface area contributed by atoms with E-state index in [-0.39, 0.29) is 17.9 Å². The number of ether oxygens (including phenoxy) is 2. The number of esters is 2. The average molecular weight is 274 g/mol. The Bertz CT molecular complexity index is 511. The monoisotopic (exact) mass is 274 g/mol. The molecule has 4 heteroatoms. The topological polar surface area (TPSA) is 52.6 Å². The fourth-order valence-corrected chi connectivity index (χ4v) is 2.43. The minimum Gasteiger partial charge on any atom is -0.426 e. The Morgan fingerprint density at radius 2 is 1.70 bits per heavy atom. The third-order valence-corrected chi connectivity index (χ3v) is 3.16. The molecule has 1 aromatic rings. The van der Waals surface area contributed by atoms with Gasteiger partial charge in [0.15, 0.2) is 0 Å². The van der Waals surface area contributed by atoms with E-state index >= 15 is 0 Å². The molecule has 106 valence electrons. The molecule has 0 saturated heterocycles. The minimum atomic E-state index is -0.383. The van der Waals surface area contributed by atoms with Crippen molar-refractivity contribution in [1.82, 2.24) is 0 Å². The van der Waals surface area contributed by atoms with Gasteiger partial charge in [0, 0.05) is 25.3 Å². The maximum absolute atomic E-state index is 11.2. The summed E-state index contributed by atoms with van der Waals surface area (Å²) in [5.41, 5.74) is 0.772. The molecule has 0 bridgehead atoms. The zero-order valence-corrected chi connectivity index (χ0v) is 11.7. The van der Waals surface area contributed by atoms with Gasteiger partial charge in [-0.15, -0.1) is 0 Å². The Labute approximate surface area is 118 Å². The van der Waals surface area contributed by atoms with Crippen LogP contribution in [0.2, 0.25) is 0 Å². The SMILES string of the molecule is CC(=O)Oc1cccc(OC(C)=O)c1C1C=CCCC1. The number of benzene rings is 1. The molecule has 1 atom stereocenters. The smallest absolute Gasteiger partial charge is 0.308 e. The molecule has 0 radical (unpaired) electrons. The molecule has 1 aliphatic rings. The third kappa shape index (κ3) is 3.47. The van der Waals surface area contributed by atoms with Gasteiger partial charge < -0.3 is 9.47 Å². The van der Waals surface area contributed by atoms with E-state index in [0.29, 0.717) is 11.5 Å². The van der Waals surface area contributed by atoms with Gasteiger partial charge in [0.1, 0.15) is 11.5 Å². The molecule has 0 saturated carbocycles. The van der Waals surface area contributed by atoms with Crippen molar-refractivity contribution >= 4 is 11.9 Å². The van der Waals surface area contributed by atoms with Crippen LogP contribution >= 0.6 is 0 Å². The molecule has 0 heterocycles. The molecule has 0 aromatic heterocycles. The van der Waals surface area contributed by atoms with Crippen LogP contribution in [0.1, 0.15) is 44.6 Å². The zero-order valence-electron chi connectivity index (χ0n) is 11.7. The molecule has 0 N–H and O–H groups in total. The Morgan fingerprint density at radius 1 is 1.10 bits per heavy atom. The molecule has 0 amide bonds. The highest BCUT2D eigenvalue weighted by Crippen LogP contribution is 2.40. The van der Waals surface area contributed by atoms with E-state index in [2.05, 4.69) is 12.2 Å². The lowest BCUT2D eigenvalue weighted by Crippen LogP contribution is -2.11. The molecule has 0 spiro atoms. The lowest BCUT2D eigenvalue weighted by Gasteiger charge is -2.21. The van der Waals surface area contributed by atoms with Gasteiger partial charge >= 0.3 is 11.9 Å². The highest BCUT2D eigenvalue weighted by molar-refractivity contribution is 5.73. The van der Waals surface area contributed by atoms with Crippen molar-refractivity contribution in [2.45, 2.75) is 39.0 Å². The molecule has 2 rings (SSSR count). The first-order valence-electron chi connectivity index (χ1n) is 6.74. The largest absolute Gasteiger partial charge is 0.426 e. The van der Waals surface area contributed by atoms with E-state index in [4.69, 9.17) is 9.47 Å². The zero-order chi connectivity index (χ0) is 14.5. The molecular formula is C16H18O4. The Kier molecular flexibility index (Phi) is 4.56. The molecular weight excluding hydrogens is 256 g/mol. The molecule has 1 unspecified atom stereocenters. The number of allylic oxidation sites excluding steroid dienone is 2. The van der Waals surface area contributed by atoms with Gasteiger partial charge in [-0.1, -0.05) is 18.2 Å². The normalized spacial score (nSPS) is 17.6.